The molecule has 1 N–H and O–H groups in total. The molecule has 0 radical (unpaired) electrons. The maximum atomic E-state index is 3.93. The Morgan fingerprint density at radius 3 is 1.53 bits per heavy atom. The molecule has 0 heterocycles. The molecule has 0 fully saturated rings. The van der Waals surface area contributed by atoms with Crippen molar-refractivity contribution in [2.24, 2.45) is 0 Å². The summed E-state index contributed by atoms with van der Waals surface area (Å²) in [5.74, 6) is 0. The molecular weight excluding hydrogens is 222 g/mol. The highest BCUT2D eigenvalue weighted by atomic mass is 28.3. The highest BCUT2D eigenvalue weighted by Crippen LogP contribution is 2.41. The monoisotopic (exact) mass is 249 g/mol. The molecule has 0 saturated carbocycles. The molecule has 0 aliphatic carbocycles. The molecule has 17 heavy (non-hydrogen) atoms. The summed E-state index contributed by atoms with van der Waals surface area (Å²) in [7, 11) is -1.52. The number of hydrogen-bond acceptors (Lipinski definition) is 1. The Morgan fingerprint density at radius 1 is 0.765 bits per heavy atom. The highest BCUT2D eigenvalue weighted by molar-refractivity contribution is 6.86. The van der Waals surface area contributed by atoms with Gasteiger partial charge in [0, 0.05) is 5.69 Å². The van der Waals surface area contributed by atoms with Crippen molar-refractivity contribution >= 4 is 13.9 Å². The molecule has 1 nitrogen and oxygen atoms in total. The third kappa shape index (κ3) is 2.92. The van der Waals surface area contributed by atoms with E-state index in [1.807, 2.05) is 0 Å². The van der Waals surface area contributed by atoms with Crippen LogP contribution in [0.2, 0.25) is 16.6 Å². The zero-order valence-electron chi connectivity index (χ0n) is 12.1. The molecule has 96 valence electrons. The average Bonchev–Trinajstić information content (AvgIpc) is 2.25. The lowest BCUT2D eigenvalue weighted by atomic mass is 10.3. The van der Waals surface area contributed by atoms with Crippen molar-refractivity contribution < 1.29 is 0 Å². The van der Waals surface area contributed by atoms with Gasteiger partial charge in [-0.3, -0.25) is 0 Å². The van der Waals surface area contributed by atoms with Crippen LogP contribution in [0.4, 0.5) is 5.69 Å². The first-order valence-electron chi connectivity index (χ1n) is 6.74. The Morgan fingerprint density at radius 2 is 1.18 bits per heavy atom. The van der Waals surface area contributed by atoms with Gasteiger partial charge in [0.25, 0.3) is 0 Å². The smallest absolute Gasteiger partial charge is 0.161 e. The normalized spacial score (nSPS) is 12.5. The second-order valence-corrected chi connectivity index (χ2v) is 11.5. The third-order valence-electron chi connectivity index (χ3n) is 4.00. The molecule has 0 aliphatic heterocycles. The van der Waals surface area contributed by atoms with Crippen LogP contribution in [0.1, 0.15) is 41.5 Å². The second kappa shape index (κ2) is 5.72. The summed E-state index contributed by atoms with van der Waals surface area (Å²) in [5.41, 5.74) is 3.50. The third-order valence-corrected chi connectivity index (χ3v) is 10.5. The van der Waals surface area contributed by atoms with Gasteiger partial charge < -0.3 is 4.98 Å². The minimum Gasteiger partial charge on any atom is -0.410 e. The van der Waals surface area contributed by atoms with Gasteiger partial charge >= 0.3 is 0 Å². The standard InChI is InChI=1S/C15H27NSi/c1-12(2)17(13(3)4,14(5)6)16-15-10-8-7-9-11-15/h7-14,16H,1-6H3. The second-order valence-electron chi connectivity index (χ2n) is 5.89. The predicted molar refractivity (Wildman–Crippen MR) is 81.1 cm³/mol. The van der Waals surface area contributed by atoms with Gasteiger partial charge in [-0.05, 0) is 28.8 Å². The summed E-state index contributed by atoms with van der Waals surface area (Å²) in [6.07, 6.45) is 0. The molecule has 1 rings (SSSR count). The van der Waals surface area contributed by atoms with Crippen molar-refractivity contribution in [2.75, 3.05) is 4.98 Å². The maximum Gasteiger partial charge on any atom is 0.161 e. The average molecular weight is 249 g/mol. The molecule has 0 spiro atoms. The van der Waals surface area contributed by atoms with Crippen LogP contribution in [0.5, 0.6) is 0 Å². The molecule has 1 aromatic carbocycles. The van der Waals surface area contributed by atoms with Gasteiger partial charge in [0.1, 0.15) is 0 Å². The number of para-hydroxylation sites is 1. The fraction of sp³-hybridized carbons (Fsp3) is 0.600. The largest absolute Gasteiger partial charge is 0.410 e. The molecule has 2 heteroatoms. The van der Waals surface area contributed by atoms with Crippen LogP contribution in [0.25, 0.3) is 0 Å². The van der Waals surface area contributed by atoms with Crippen molar-refractivity contribution in [1.82, 2.24) is 0 Å². The lowest BCUT2D eigenvalue weighted by molar-refractivity contribution is 0.821. The Balaban J connectivity index is 3.07. The van der Waals surface area contributed by atoms with E-state index in [9.17, 15) is 0 Å². The van der Waals surface area contributed by atoms with Gasteiger partial charge in [-0.2, -0.15) is 0 Å². The fourth-order valence-corrected chi connectivity index (χ4v) is 8.74. The lowest BCUT2D eigenvalue weighted by Crippen LogP contribution is -2.52. The van der Waals surface area contributed by atoms with E-state index in [4.69, 9.17) is 0 Å². The minimum absolute atomic E-state index is 0.739. The van der Waals surface area contributed by atoms with Gasteiger partial charge in [-0.25, -0.2) is 0 Å². The number of hydrogen-bond donors (Lipinski definition) is 1. The van der Waals surface area contributed by atoms with Crippen LogP contribution in [0.15, 0.2) is 30.3 Å². The molecular formula is C15H27NSi. The van der Waals surface area contributed by atoms with E-state index in [2.05, 4.69) is 76.9 Å². The quantitative estimate of drug-likeness (QED) is 0.701. The van der Waals surface area contributed by atoms with E-state index < -0.39 is 8.24 Å². The zero-order chi connectivity index (χ0) is 13.1. The number of nitrogens with one attached hydrogen (secondary N) is 1. The predicted octanol–water partition coefficient (Wildman–Crippen LogP) is 5.27. The van der Waals surface area contributed by atoms with Gasteiger partial charge in [0.2, 0.25) is 0 Å². The minimum atomic E-state index is -1.52. The van der Waals surface area contributed by atoms with Gasteiger partial charge in [-0.1, -0.05) is 59.7 Å². The molecule has 0 unspecified atom stereocenters. The van der Waals surface area contributed by atoms with E-state index in [1.165, 1.54) is 5.69 Å². The van der Waals surface area contributed by atoms with Gasteiger partial charge in [-0.15, -0.1) is 0 Å². The van der Waals surface area contributed by atoms with E-state index in [1.54, 1.807) is 0 Å². The van der Waals surface area contributed by atoms with Crippen molar-refractivity contribution in [2.45, 2.75) is 58.2 Å². The molecule has 0 bridgehead atoms. The first-order valence-corrected chi connectivity index (χ1v) is 8.97. The van der Waals surface area contributed by atoms with Crippen molar-refractivity contribution in [3.63, 3.8) is 0 Å². The Kier molecular flexibility index (Phi) is 4.81. The van der Waals surface area contributed by atoms with Crippen LogP contribution >= 0.6 is 0 Å². The first kappa shape index (κ1) is 14.3. The summed E-state index contributed by atoms with van der Waals surface area (Å²) in [6.45, 7) is 14.3. The number of anilines is 1. The highest BCUT2D eigenvalue weighted by Gasteiger charge is 2.43. The van der Waals surface area contributed by atoms with Gasteiger partial charge in [0.15, 0.2) is 8.24 Å². The molecule has 1 aromatic rings. The number of rotatable bonds is 5. The number of benzene rings is 1. The lowest BCUT2D eigenvalue weighted by Gasteiger charge is -2.44. The Hall–Kier alpha value is -0.763. The molecule has 0 aliphatic rings. The Labute approximate surface area is 108 Å². The Bertz CT molecular complexity index is 308. The van der Waals surface area contributed by atoms with E-state index in [-0.39, 0.29) is 0 Å². The van der Waals surface area contributed by atoms with Crippen LogP contribution in [0, 0.1) is 0 Å². The van der Waals surface area contributed by atoms with E-state index in [0.717, 1.165) is 16.6 Å². The van der Waals surface area contributed by atoms with Gasteiger partial charge in [0.05, 0.1) is 0 Å². The summed E-state index contributed by atoms with van der Waals surface area (Å²) in [5, 5.41) is 0. The van der Waals surface area contributed by atoms with Crippen LogP contribution in [-0.2, 0) is 0 Å². The van der Waals surface area contributed by atoms with Crippen molar-refractivity contribution in [1.29, 1.82) is 0 Å². The summed E-state index contributed by atoms with van der Waals surface area (Å²) in [4.78, 5) is 3.93. The van der Waals surface area contributed by atoms with Crippen LogP contribution < -0.4 is 4.98 Å². The topological polar surface area (TPSA) is 12.0 Å². The summed E-state index contributed by atoms with van der Waals surface area (Å²) < 4.78 is 0. The van der Waals surface area contributed by atoms with Crippen molar-refractivity contribution in [3.8, 4) is 0 Å². The fourth-order valence-electron chi connectivity index (χ4n) is 3.20. The van der Waals surface area contributed by atoms with Crippen LogP contribution in [-0.4, -0.2) is 8.24 Å². The van der Waals surface area contributed by atoms with Crippen molar-refractivity contribution in [3.05, 3.63) is 30.3 Å². The van der Waals surface area contributed by atoms with E-state index in [0.29, 0.717) is 0 Å². The molecule has 0 atom stereocenters. The summed E-state index contributed by atoms with van der Waals surface area (Å²) >= 11 is 0. The SMILES string of the molecule is CC(C)[Si](Nc1ccccc1)(C(C)C)C(C)C. The maximum absolute atomic E-state index is 3.93. The van der Waals surface area contributed by atoms with Crippen LogP contribution in [0.3, 0.4) is 0 Å². The summed E-state index contributed by atoms with van der Waals surface area (Å²) in [6, 6.07) is 10.7. The molecule has 0 saturated heterocycles. The molecule has 0 amide bonds. The first-order chi connectivity index (χ1) is 7.91. The molecule has 0 aromatic heterocycles. The zero-order valence-corrected chi connectivity index (χ0v) is 13.1. The van der Waals surface area contributed by atoms with E-state index >= 15 is 0 Å².